The Hall–Kier alpha value is -1.30. The van der Waals surface area contributed by atoms with E-state index < -0.39 is 13.0 Å². The van der Waals surface area contributed by atoms with Crippen LogP contribution in [-0.2, 0) is 6.54 Å². The fourth-order valence-corrected chi connectivity index (χ4v) is 2.16. The SMILES string of the molecule is CC.CC.Cc1cc(-c2nn(CC(F)F)cc2Br)ccc1F. The van der Waals surface area contributed by atoms with Crippen LogP contribution < -0.4 is 0 Å². The summed E-state index contributed by atoms with van der Waals surface area (Å²) < 4.78 is 39.4. The van der Waals surface area contributed by atoms with Crippen LogP contribution in [0.25, 0.3) is 11.3 Å². The van der Waals surface area contributed by atoms with Gasteiger partial charge in [-0.05, 0) is 46.6 Å². The number of alkyl halides is 2. The van der Waals surface area contributed by atoms with E-state index in [4.69, 9.17) is 0 Å². The highest BCUT2D eigenvalue weighted by Gasteiger charge is 2.12. The molecule has 2 nitrogen and oxygen atoms in total. The molecule has 0 aliphatic heterocycles. The fourth-order valence-electron chi connectivity index (χ4n) is 1.62. The molecule has 22 heavy (non-hydrogen) atoms. The van der Waals surface area contributed by atoms with Gasteiger partial charge in [0.2, 0.25) is 0 Å². The van der Waals surface area contributed by atoms with E-state index in [9.17, 15) is 13.2 Å². The molecule has 0 aliphatic carbocycles. The van der Waals surface area contributed by atoms with Gasteiger partial charge in [0.25, 0.3) is 6.43 Å². The van der Waals surface area contributed by atoms with Gasteiger partial charge in [0.15, 0.2) is 0 Å². The number of aromatic nitrogens is 2. The zero-order valence-electron chi connectivity index (χ0n) is 13.5. The van der Waals surface area contributed by atoms with Crippen LogP contribution in [0.5, 0.6) is 0 Å². The normalized spacial score (nSPS) is 9.73. The molecule has 0 saturated carbocycles. The lowest BCUT2D eigenvalue weighted by atomic mass is 10.1. The highest BCUT2D eigenvalue weighted by molar-refractivity contribution is 9.10. The number of aryl methyl sites for hydroxylation is 1. The highest BCUT2D eigenvalue weighted by Crippen LogP contribution is 2.28. The first-order valence-corrected chi connectivity index (χ1v) is 8.04. The lowest BCUT2D eigenvalue weighted by Gasteiger charge is -2.01. The molecular weight excluding hydrogens is 357 g/mol. The van der Waals surface area contributed by atoms with E-state index in [1.807, 2.05) is 27.7 Å². The van der Waals surface area contributed by atoms with Gasteiger partial charge in [0.05, 0.1) is 4.47 Å². The molecule has 0 saturated heterocycles. The summed E-state index contributed by atoms with van der Waals surface area (Å²) in [5.41, 5.74) is 1.70. The molecule has 6 heteroatoms. The van der Waals surface area contributed by atoms with E-state index in [1.54, 1.807) is 19.1 Å². The van der Waals surface area contributed by atoms with Crippen LogP contribution in [0.4, 0.5) is 13.2 Å². The summed E-state index contributed by atoms with van der Waals surface area (Å²) in [6, 6.07) is 4.54. The Balaban J connectivity index is 0.00000102. The summed E-state index contributed by atoms with van der Waals surface area (Å²) in [5, 5.41) is 4.06. The third-order valence-corrected chi connectivity index (χ3v) is 3.05. The molecule has 1 aromatic heterocycles. The van der Waals surface area contributed by atoms with Crippen molar-refractivity contribution < 1.29 is 13.2 Å². The van der Waals surface area contributed by atoms with Crippen molar-refractivity contribution in [3.63, 3.8) is 0 Å². The number of hydrogen-bond donors (Lipinski definition) is 0. The number of hydrogen-bond acceptors (Lipinski definition) is 1. The van der Waals surface area contributed by atoms with Gasteiger partial charge in [0.1, 0.15) is 18.1 Å². The van der Waals surface area contributed by atoms with Gasteiger partial charge in [-0.3, -0.25) is 4.68 Å². The van der Waals surface area contributed by atoms with Crippen molar-refractivity contribution >= 4 is 15.9 Å². The fraction of sp³-hybridized carbons (Fsp3) is 0.438. The van der Waals surface area contributed by atoms with Crippen LogP contribution in [0.1, 0.15) is 33.3 Å². The average Bonchev–Trinajstić information content (AvgIpc) is 2.86. The second-order valence-electron chi connectivity index (χ2n) is 3.90. The van der Waals surface area contributed by atoms with Crippen molar-refractivity contribution in [2.45, 2.75) is 47.6 Å². The van der Waals surface area contributed by atoms with Crippen molar-refractivity contribution in [2.75, 3.05) is 0 Å². The van der Waals surface area contributed by atoms with Crippen molar-refractivity contribution in [3.8, 4) is 11.3 Å². The van der Waals surface area contributed by atoms with Crippen molar-refractivity contribution in [3.05, 3.63) is 40.2 Å². The van der Waals surface area contributed by atoms with Crippen LogP contribution in [0.3, 0.4) is 0 Å². The maximum absolute atomic E-state index is 13.2. The molecule has 0 N–H and O–H groups in total. The molecular formula is C16H22BrF3N2. The van der Waals surface area contributed by atoms with Gasteiger partial charge in [-0.15, -0.1) is 0 Å². The Labute approximate surface area is 138 Å². The Morgan fingerprint density at radius 3 is 2.27 bits per heavy atom. The number of rotatable bonds is 3. The summed E-state index contributed by atoms with van der Waals surface area (Å²) in [4.78, 5) is 0. The van der Waals surface area contributed by atoms with E-state index in [2.05, 4.69) is 21.0 Å². The van der Waals surface area contributed by atoms with Crippen LogP contribution >= 0.6 is 15.9 Å². The van der Waals surface area contributed by atoms with Gasteiger partial charge in [0, 0.05) is 11.8 Å². The Kier molecular flexibility index (Phi) is 9.81. The van der Waals surface area contributed by atoms with E-state index in [0.717, 1.165) is 0 Å². The third kappa shape index (κ3) is 5.83. The first-order chi connectivity index (χ1) is 10.5. The van der Waals surface area contributed by atoms with Crippen molar-refractivity contribution in [2.24, 2.45) is 0 Å². The van der Waals surface area contributed by atoms with Crippen molar-refractivity contribution in [1.29, 1.82) is 0 Å². The summed E-state index contributed by atoms with van der Waals surface area (Å²) in [6.45, 7) is 9.18. The number of halogens is 4. The Bertz CT molecular complexity index is 569. The molecule has 0 amide bonds. The molecule has 124 valence electrons. The maximum atomic E-state index is 13.2. The lowest BCUT2D eigenvalue weighted by molar-refractivity contribution is 0.122. The smallest absolute Gasteiger partial charge is 0.257 e. The highest BCUT2D eigenvalue weighted by atomic mass is 79.9. The lowest BCUT2D eigenvalue weighted by Crippen LogP contribution is -2.06. The minimum Gasteiger partial charge on any atom is -0.265 e. The van der Waals surface area contributed by atoms with E-state index in [-0.39, 0.29) is 5.82 Å². The first kappa shape index (κ1) is 20.7. The minimum absolute atomic E-state index is 0.304. The second kappa shape index (κ2) is 10.4. The van der Waals surface area contributed by atoms with Crippen molar-refractivity contribution in [1.82, 2.24) is 9.78 Å². The zero-order chi connectivity index (χ0) is 17.3. The largest absolute Gasteiger partial charge is 0.265 e. The standard InChI is InChI=1S/C12H10BrF3N2.2C2H6/c1-7-4-8(2-3-10(7)14)12-9(13)5-18(17-12)6-11(15)16;2*1-2/h2-5,11H,6H2,1H3;2*1-2H3. The molecule has 0 unspecified atom stereocenters. The molecule has 0 spiro atoms. The summed E-state index contributed by atoms with van der Waals surface area (Å²) in [7, 11) is 0. The average molecular weight is 379 g/mol. The van der Waals surface area contributed by atoms with Crippen LogP contribution in [0.15, 0.2) is 28.9 Å². The maximum Gasteiger partial charge on any atom is 0.257 e. The predicted octanol–water partition coefficient (Wildman–Crippen LogP) is 6.08. The van der Waals surface area contributed by atoms with Crippen LogP contribution in [-0.4, -0.2) is 16.2 Å². The van der Waals surface area contributed by atoms with Gasteiger partial charge >= 0.3 is 0 Å². The molecule has 0 fully saturated rings. The topological polar surface area (TPSA) is 17.8 Å². The summed E-state index contributed by atoms with van der Waals surface area (Å²) in [5.74, 6) is -0.304. The summed E-state index contributed by atoms with van der Waals surface area (Å²) in [6.07, 6.45) is -0.972. The Morgan fingerprint density at radius 1 is 1.18 bits per heavy atom. The molecule has 1 heterocycles. The van der Waals surface area contributed by atoms with E-state index in [0.29, 0.717) is 21.3 Å². The molecule has 0 bridgehead atoms. The second-order valence-corrected chi connectivity index (χ2v) is 4.76. The molecule has 2 rings (SSSR count). The number of benzene rings is 1. The molecule has 2 aromatic rings. The molecule has 1 aromatic carbocycles. The van der Waals surface area contributed by atoms with E-state index >= 15 is 0 Å². The zero-order valence-corrected chi connectivity index (χ0v) is 15.1. The quantitative estimate of drug-likeness (QED) is 0.632. The molecule has 0 atom stereocenters. The molecule has 0 aliphatic rings. The Morgan fingerprint density at radius 2 is 1.77 bits per heavy atom. The minimum atomic E-state index is -2.46. The third-order valence-electron chi connectivity index (χ3n) is 2.47. The summed E-state index contributed by atoms with van der Waals surface area (Å²) >= 11 is 3.26. The van der Waals surface area contributed by atoms with Gasteiger partial charge in [-0.25, -0.2) is 13.2 Å². The monoisotopic (exact) mass is 378 g/mol. The van der Waals surface area contributed by atoms with Gasteiger partial charge in [-0.2, -0.15) is 5.10 Å². The first-order valence-electron chi connectivity index (χ1n) is 7.25. The van der Waals surface area contributed by atoms with E-state index in [1.165, 1.54) is 16.9 Å². The van der Waals surface area contributed by atoms with Crippen LogP contribution in [0.2, 0.25) is 0 Å². The number of nitrogens with zero attached hydrogens (tertiary/aromatic N) is 2. The van der Waals surface area contributed by atoms with Crippen LogP contribution in [0, 0.1) is 12.7 Å². The van der Waals surface area contributed by atoms with Gasteiger partial charge in [-0.1, -0.05) is 27.7 Å². The molecule has 0 radical (unpaired) electrons. The predicted molar refractivity (Wildman–Crippen MR) is 88.8 cm³/mol. The van der Waals surface area contributed by atoms with Gasteiger partial charge < -0.3 is 0 Å².